The number of nitrogens with zero attached hydrogens (tertiary/aromatic N) is 1. The zero-order chi connectivity index (χ0) is 8.27. The second-order valence-corrected chi connectivity index (χ2v) is 2.50. The molecule has 1 heterocycles. The van der Waals surface area contributed by atoms with Crippen LogP contribution in [0.4, 0.5) is 0 Å². The molecule has 3 heteroatoms. The Balaban J connectivity index is 2.91. The lowest BCUT2D eigenvalue weighted by atomic mass is 10.2. The zero-order valence-electron chi connectivity index (χ0n) is 6.49. The third-order valence-electron chi connectivity index (χ3n) is 1.46. The molecule has 1 rings (SSSR count). The number of rotatable bonds is 2. The van der Waals surface area contributed by atoms with Crippen LogP contribution in [-0.2, 0) is 6.61 Å². The molecule has 0 bridgehead atoms. The van der Waals surface area contributed by atoms with Crippen molar-refractivity contribution in [3.63, 3.8) is 0 Å². The van der Waals surface area contributed by atoms with E-state index < -0.39 is 0 Å². The molecule has 0 aliphatic heterocycles. The summed E-state index contributed by atoms with van der Waals surface area (Å²) in [6.45, 7) is 1.84. The molecule has 0 radical (unpaired) electrons. The number of hydrogen-bond acceptors (Lipinski definition) is 3. The van der Waals surface area contributed by atoms with Gasteiger partial charge in [-0.15, -0.1) is 0 Å². The van der Waals surface area contributed by atoms with Crippen LogP contribution in [-0.4, -0.2) is 10.1 Å². The van der Waals surface area contributed by atoms with E-state index in [1.807, 2.05) is 19.1 Å². The monoisotopic (exact) mass is 152 g/mol. The van der Waals surface area contributed by atoms with Crippen molar-refractivity contribution in [2.75, 3.05) is 0 Å². The molecule has 0 amide bonds. The van der Waals surface area contributed by atoms with Crippen LogP contribution < -0.4 is 5.73 Å². The highest BCUT2D eigenvalue weighted by Gasteiger charge is 2.00. The molecule has 11 heavy (non-hydrogen) atoms. The van der Waals surface area contributed by atoms with Gasteiger partial charge in [0.25, 0.3) is 0 Å². The largest absolute Gasteiger partial charge is 0.390 e. The fourth-order valence-corrected chi connectivity index (χ4v) is 0.840. The molecule has 1 atom stereocenters. The third-order valence-corrected chi connectivity index (χ3v) is 1.46. The maximum absolute atomic E-state index is 8.74. The van der Waals surface area contributed by atoms with Gasteiger partial charge in [-0.1, -0.05) is 6.07 Å². The van der Waals surface area contributed by atoms with E-state index in [4.69, 9.17) is 10.8 Å². The van der Waals surface area contributed by atoms with Crippen molar-refractivity contribution in [2.24, 2.45) is 5.73 Å². The Labute approximate surface area is 65.9 Å². The lowest BCUT2D eigenvalue weighted by Crippen LogP contribution is -2.08. The number of aliphatic hydroxyl groups excluding tert-OH is 1. The minimum Gasteiger partial charge on any atom is -0.390 e. The highest BCUT2D eigenvalue weighted by Crippen LogP contribution is 2.06. The van der Waals surface area contributed by atoms with Gasteiger partial charge in [-0.05, 0) is 19.1 Å². The molecule has 0 saturated heterocycles. The van der Waals surface area contributed by atoms with Crippen LogP contribution in [0.25, 0.3) is 0 Å². The van der Waals surface area contributed by atoms with Crippen molar-refractivity contribution in [3.8, 4) is 0 Å². The summed E-state index contributed by atoms with van der Waals surface area (Å²) < 4.78 is 0. The van der Waals surface area contributed by atoms with E-state index in [1.165, 1.54) is 0 Å². The van der Waals surface area contributed by atoms with Gasteiger partial charge in [0.1, 0.15) is 0 Å². The van der Waals surface area contributed by atoms with Crippen LogP contribution in [0.5, 0.6) is 0 Å². The lowest BCUT2D eigenvalue weighted by molar-refractivity contribution is 0.276. The smallest absolute Gasteiger partial charge is 0.0853 e. The molecule has 0 spiro atoms. The molecule has 0 fully saturated rings. The van der Waals surface area contributed by atoms with E-state index in [0.29, 0.717) is 5.69 Å². The standard InChI is InChI=1S/C8H12N2O/c1-6(9)8-4-2-3-7(5-11)10-8/h2-4,6,11H,5,9H2,1H3/t6-/m0/s1. The number of nitrogens with two attached hydrogens (primary N) is 1. The Bertz CT molecular complexity index is 235. The number of aromatic nitrogens is 1. The first-order valence-electron chi connectivity index (χ1n) is 3.56. The van der Waals surface area contributed by atoms with E-state index in [1.54, 1.807) is 6.07 Å². The van der Waals surface area contributed by atoms with Crippen LogP contribution in [0, 0.1) is 0 Å². The highest BCUT2D eigenvalue weighted by atomic mass is 16.3. The van der Waals surface area contributed by atoms with Crippen LogP contribution in [0.2, 0.25) is 0 Å². The van der Waals surface area contributed by atoms with Crippen LogP contribution in [0.15, 0.2) is 18.2 Å². The summed E-state index contributed by atoms with van der Waals surface area (Å²) >= 11 is 0. The first-order chi connectivity index (χ1) is 5.24. The predicted molar refractivity (Wildman–Crippen MR) is 42.8 cm³/mol. The van der Waals surface area contributed by atoms with Crippen LogP contribution >= 0.6 is 0 Å². The topological polar surface area (TPSA) is 59.1 Å². The molecule has 0 saturated carbocycles. The Morgan fingerprint density at radius 1 is 1.64 bits per heavy atom. The van der Waals surface area contributed by atoms with E-state index in [-0.39, 0.29) is 12.6 Å². The zero-order valence-corrected chi connectivity index (χ0v) is 6.49. The van der Waals surface area contributed by atoms with Gasteiger partial charge >= 0.3 is 0 Å². The van der Waals surface area contributed by atoms with Crippen molar-refractivity contribution in [2.45, 2.75) is 19.6 Å². The maximum atomic E-state index is 8.74. The fourth-order valence-electron chi connectivity index (χ4n) is 0.840. The van der Waals surface area contributed by atoms with Gasteiger partial charge in [0.15, 0.2) is 0 Å². The number of pyridine rings is 1. The van der Waals surface area contributed by atoms with Gasteiger partial charge in [0, 0.05) is 6.04 Å². The summed E-state index contributed by atoms with van der Waals surface area (Å²) in [5, 5.41) is 8.74. The van der Waals surface area contributed by atoms with E-state index in [9.17, 15) is 0 Å². The summed E-state index contributed by atoms with van der Waals surface area (Å²) in [5.41, 5.74) is 7.08. The molecule has 0 aliphatic carbocycles. The average Bonchev–Trinajstić information content (AvgIpc) is 2.05. The summed E-state index contributed by atoms with van der Waals surface area (Å²) in [5.74, 6) is 0. The predicted octanol–water partition coefficient (Wildman–Crippen LogP) is 0.594. The van der Waals surface area contributed by atoms with E-state index >= 15 is 0 Å². The second-order valence-electron chi connectivity index (χ2n) is 2.50. The molecule has 0 aliphatic rings. The van der Waals surface area contributed by atoms with Gasteiger partial charge in [-0.3, -0.25) is 4.98 Å². The molecule has 0 unspecified atom stereocenters. The first kappa shape index (κ1) is 8.17. The minimum absolute atomic E-state index is 0.0272. The van der Waals surface area contributed by atoms with Crippen LogP contribution in [0.1, 0.15) is 24.4 Å². The van der Waals surface area contributed by atoms with Gasteiger partial charge in [-0.25, -0.2) is 0 Å². The average molecular weight is 152 g/mol. The second kappa shape index (κ2) is 3.46. The summed E-state index contributed by atoms with van der Waals surface area (Å²) in [7, 11) is 0. The third kappa shape index (κ3) is 2.00. The van der Waals surface area contributed by atoms with Gasteiger partial charge in [0.2, 0.25) is 0 Å². The van der Waals surface area contributed by atoms with Crippen molar-refractivity contribution in [1.29, 1.82) is 0 Å². The number of hydrogen-bond donors (Lipinski definition) is 2. The van der Waals surface area contributed by atoms with Crippen molar-refractivity contribution < 1.29 is 5.11 Å². The van der Waals surface area contributed by atoms with Gasteiger partial charge in [0.05, 0.1) is 18.0 Å². The first-order valence-corrected chi connectivity index (χ1v) is 3.56. The number of aliphatic hydroxyl groups is 1. The summed E-state index contributed by atoms with van der Waals surface area (Å²) in [6.07, 6.45) is 0. The lowest BCUT2D eigenvalue weighted by Gasteiger charge is -2.04. The molecule has 3 N–H and O–H groups in total. The molecular formula is C8H12N2O. The van der Waals surface area contributed by atoms with Gasteiger partial charge in [-0.2, -0.15) is 0 Å². The highest BCUT2D eigenvalue weighted by molar-refractivity contribution is 5.12. The molecular weight excluding hydrogens is 140 g/mol. The van der Waals surface area contributed by atoms with E-state index in [0.717, 1.165) is 5.69 Å². The Hall–Kier alpha value is -0.930. The molecule has 0 aromatic carbocycles. The quantitative estimate of drug-likeness (QED) is 0.652. The Kier molecular flexibility index (Phi) is 2.57. The Morgan fingerprint density at radius 3 is 2.91 bits per heavy atom. The maximum Gasteiger partial charge on any atom is 0.0853 e. The summed E-state index contributed by atoms with van der Waals surface area (Å²) in [6, 6.07) is 5.40. The summed E-state index contributed by atoms with van der Waals surface area (Å²) in [4.78, 5) is 4.12. The SMILES string of the molecule is C[C@H](N)c1cccc(CO)n1. The minimum atomic E-state index is -0.0681. The van der Waals surface area contributed by atoms with Gasteiger partial charge < -0.3 is 10.8 Å². The molecule has 1 aromatic heterocycles. The normalized spacial score (nSPS) is 13.0. The van der Waals surface area contributed by atoms with Crippen molar-refractivity contribution in [1.82, 2.24) is 4.98 Å². The Morgan fingerprint density at radius 2 is 2.36 bits per heavy atom. The molecule has 1 aromatic rings. The van der Waals surface area contributed by atoms with Crippen molar-refractivity contribution in [3.05, 3.63) is 29.6 Å². The van der Waals surface area contributed by atoms with E-state index in [2.05, 4.69) is 4.98 Å². The molecule has 3 nitrogen and oxygen atoms in total. The van der Waals surface area contributed by atoms with Crippen molar-refractivity contribution >= 4 is 0 Å². The van der Waals surface area contributed by atoms with Crippen LogP contribution in [0.3, 0.4) is 0 Å². The fraction of sp³-hybridized carbons (Fsp3) is 0.375. The molecule has 60 valence electrons.